The van der Waals surface area contributed by atoms with Crippen LogP contribution in [0.5, 0.6) is 0 Å². The van der Waals surface area contributed by atoms with Gasteiger partial charge in [-0.1, -0.05) is 23.8 Å². The van der Waals surface area contributed by atoms with Gasteiger partial charge in [-0.05, 0) is 44.2 Å². The molecule has 0 heterocycles. The molecule has 0 aliphatic rings. The van der Waals surface area contributed by atoms with Gasteiger partial charge in [0.05, 0.1) is 16.2 Å². The molecule has 2 rings (SSSR count). The number of sulfone groups is 1. The van der Waals surface area contributed by atoms with Crippen LogP contribution in [0.2, 0.25) is 0 Å². The Kier molecular flexibility index (Phi) is 6.15. The van der Waals surface area contributed by atoms with Crippen LogP contribution in [0.15, 0.2) is 53.4 Å². The zero-order chi connectivity index (χ0) is 19.3. The van der Waals surface area contributed by atoms with Crippen LogP contribution in [0, 0.1) is 6.92 Å². The summed E-state index contributed by atoms with van der Waals surface area (Å²) in [7, 11) is -3.51. The second kappa shape index (κ2) is 8.14. The van der Waals surface area contributed by atoms with Crippen molar-refractivity contribution in [2.75, 3.05) is 18.8 Å². The third-order valence-corrected chi connectivity index (χ3v) is 5.75. The zero-order valence-electron chi connectivity index (χ0n) is 14.7. The third-order valence-electron chi connectivity index (χ3n) is 4.04. The van der Waals surface area contributed by atoms with E-state index in [0.29, 0.717) is 6.54 Å². The summed E-state index contributed by atoms with van der Waals surface area (Å²) in [5, 5.41) is 9.04. The van der Waals surface area contributed by atoms with Crippen LogP contribution in [0.3, 0.4) is 0 Å². The molecule has 0 spiro atoms. The maximum absolute atomic E-state index is 12.6. The van der Waals surface area contributed by atoms with Crippen LogP contribution in [0.25, 0.3) is 0 Å². The molecule has 2 aromatic carbocycles. The maximum Gasteiger partial charge on any atom is 0.335 e. The predicted octanol–water partition coefficient (Wildman–Crippen LogP) is 2.63. The van der Waals surface area contributed by atoms with Crippen molar-refractivity contribution >= 4 is 21.7 Å². The fraction of sp³-hybridized carbons (Fsp3) is 0.263. The van der Waals surface area contributed by atoms with Crippen LogP contribution < -0.4 is 0 Å². The van der Waals surface area contributed by atoms with Crippen LogP contribution in [-0.4, -0.2) is 49.1 Å². The number of nitrogens with zero attached hydrogens (tertiary/aromatic N) is 1. The highest BCUT2D eigenvalue weighted by Crippen LogP contribution is 2.14. The van der Waals surface area contributed by atoms with E-state index in [9.17, 15) is 18.0 Å². The predicted molar refractivity (Wildman–Crippen MR) is 98.2 cm³/mol. The number of carbonyl (C=O) groups is 2. The van der Waals surface area contributed by atoms with Gasteiger partial charge in [0, 0.05) is 18.7 Å². The van der Waals surface area contributed by atoms with Gasteiger partial charge in [-0.15, -0.1) is 0 Å². The van der Waals surface area contributed by atoms with Gasteiger partial charge in [0.25, 0.3) is 5.91 Å². The zero-order valence-corrected chi connectivity index (χ0v) is 15.5. The van der Waals surface area contributed by atoms with Crippen molar-refractivity contribution in [2.24, 2.45) is 0 Å². The number of carboxylic acid groups (broad SMARTS) is 1. The highest BCUT2D eigenvalue weighted by Gasteiger charge is 2.20. The van der Waals surface area contributed by atoms with Crippen molar-refractivity contribution in [2.45, 2.75) is 18.7 Å². The molecule has 0 aromatic heterocycles. The molecule has 1 N–H and O–H groups in total. The SMILES string of the molecule is CCN(CCS(=O)(=O)c1ccc(C)cc1)C(=O)c1cccc(C(=O)O)c1. The molecule has 0 aliphatic heterocycles. The number of rotatable bonds is 7. The molecule has 1 amide bonds. The Morgan fingerprint density at radius 3 is 2.23 bits per heavy atom. The quantitative estimate of drug-likeness (QED) is 0.803. The number of hydrogen-bond donors (Lipinski definition) is 1. The van der Waals surface area contributed by atoms with E-state index < -0.39 is 21.7 Å². The first-order valence-corrected chi connectivity index (χ1v) is 9.82. The molecule has 0 bridgehead atoms. The summed E-state index contributed by atoms with van der Waals surface area (Å²) >= 11 is 0. The Hall–Kier alpha value is -2.67. The third kappa shape index (κ3) is 4.70. The van der Waals surface area contributed by atoms with Crippen molar-refractivity contribution in [3.8, 4) is 0 Å². The number of aromatic carboxylic acids is 1. The summed E-state index contributed by atoms with van der Waals surface area (Å²) in [5.41, 5.74) is 1.20. The summed E-state index contributed by atoms with van der Waals surface area (Å²) < 4.78 is 24.9. The molecule has 7 heteroatoms. The lowest BCUT2D eigenvalue weighted by molar-refractivity contribution is 0.0697. The largest absolute Gasteiger partial charge is 0.478 e. The van der Waals surface area contributed by atoms with Crippen molar-refractivity contribution in [1.82, 2.24) is 4.90 Å². The van der Waals surface area contributed by atoms with E-state index in [0.717, 1.165) is 5.56 Å². The molecule has 0 saturated heterocycles. The van der Waals surface area contributed by atoms with E-state index in [1.807, 2.05) is 6.92 Å². The first-order chi connectivity index (χ1) is 12.2. The van der Waals surface area contributed by atoms with E-state index in [2.05, 4.69) is 0 Å². The van der Waals surface area contributed by atoms with Gasteiger partial charge in [0.15, 0.2) is 9.84 Å². The molecule has 0 unspecified atom stereocenters. The second-order valence-electron chi connectivity index (χ2n) is 5.90. The van der Waals surface area contributed by atoms with E-state index in [-0.39, 0.29) is 28.3 Å². The summed E-state index contributed by atoms with van der Waals surface area (Å²) in [5.74, 6) is -1.71. The molecule has 0 saturated carbocycles. The van der Waals surface area contributed by atoms with Crippen LogP contribution in [0.4, 0.5) is 0 Å². The summed E-state index contributed by atoms with van der Waals surface area (Å²) in [6, 6.07) is 12.3. The van der Waals surface area contributed by atoms with E-state index in [1.54, 1.807) is 31.2 Å². The Morgan fingerprint density at radius 2 is 1.65 bits per heavy atom. The normalized spacial score (nSPS) is 11.2. The van der Waals surface area contributed by atoms with Gasteiger partial charge >= 0.3 is 5.97 Å². The lowest BCUT2D eigenvalue weighted by atomic mass is 10.1. The Labute approximate surface area is 153 Å². The molecule has 6 nitrogen and oxygen atoms in total. The molecular weight excluding hydrogens is 354 g/mol. The highest BCUT2D eigenvalue weighted by atomic mass is 32.2. The lowest BCUT2D eigenvalue weighted by Crippen LogP contribution is -2.35. The number of carbonyl (C=O) groups excluding carboxylic acids is 1. The first-order valence-electron chi connectivity index (χ1n) is 8.16. The number of amides is 1. The monoisotopic (exact) mass is 375 g/mol. The molecule has 26 heavy (non-hydrogen) atoms. The van der Waals surface area contributed by atoms with Crippen LogP contribution in [-0.2, 0) is 9.84 Å². The van der Waals surface area contributed by atoms with E-state index >= 15 is 0 Å². The minimum absolute atomic E-state index is 0.0131. The molecule has 138 valence electrons. The number of benzene rings is 2. The van der Waals surface area contributed by atoms with E-state index in [4.69, 9.17) is 5.11 Å². The molecule has 0 atom stereocenters. The molecular formula is C19H21NO5S. The van der Waals surface area contributed by atoms with Gasteiger partial charge in [0.2, 0.25) is 0 Å². The average Bonchev–Trinajstić information content (AvgIpc) is 2.62. The molecule has 0 fully saturated rings. The minimum atomic E-state index is -3.51. The molecule has 0 aliphatic carbocycles. The van der Waals surface area contributed by atoms with Gasteiger partial charge in [-0.25, -0.2) is 13.2 Å². The van der Waals surface area contributed by atoms with Gasteiger partial charge in [-0.2, -0.15) is 0 Å². The standard InChI is InChI=1S/C19H21NO5S/c1-3-20(18(21)15-5-4-6-16(13-15)19(22)23)11-12-26(24,25)17-9-7-14(2)8-10-17/h4-10,13H,3,11-12H2,1-2H3,(H,22,23). The fourth-order valence-corrected chi connectivity index (χ4v) is 3.71. The van der Waals surface area contributed by atoms with Crippen molar-refractivity contribution < 1.29 is 23.1 Å². The topological polar surface area (TPSA) is 91.8 Å². The van der Waals surface area contributed by atoms with Crippen molar-refractivity contribution in [3.05, 3.63) is 65.2 Å². The first kappa shape index (κ1) is 19.7. The second-order valence-corrected chi connectivity index (χ2v) is 8.01. The Morgan fingerprint density at radius 1 is 1.04 bits per heavy atom. The van der Waals surface area contributed by atoms with Crippen LogP contribution in [0.1, 0.15) is 33.2 Å². The Bertz CT molecular complexity index is 904. The lowest BCUT2D eigenvalue weighted by Gasteiger charge is -2.21. The molecule has 2 aromatic rings. The highest BCUT2D eigenvalue weighted by molar-refractivity contribution is 7.91. The summed E-state index contributed by atoms with van der Waals surface area (Å²) in [4.78, 5) is 25.3. The average molecular weight is 375 g/mol. The van der Waals surface area contributed by atoms with Gasteiger partial charge in [-0.3, -0.25) is 4.79 Å². The summed E-state index contributed by atoms with van der Waals surface area (Å²) in [6.45, 7) is 3.97. The number of hydrogen-bond acceptors (Lipinski definition) is 4. The maximum atomic E-state index is 12.6. The smallest absolute Gasteiger partial charge is 0.335 e. The Balaban J connectivity index is 2.13. The summed E-state index contributed by atoms with van der Waals surface area (Å²) in [6.07, 6.45) is 0. The minimum Gasteiger partial charge on any atom is -0.478 e. The van der Waals surface area contributed by atoms with Crippen molar-refractivity contribution in [3.63, 3.8) is 0 Å². The van der Waals surface area contributed by atoms with Crippen LogP contribution >= 0.6 is 0 Å². The fourth-order valence-electron chi connectivity index (χ4n) is 2.46. The van der Waals surface area contributed by atoms with Gasteiger partial charge < -0.3 is 10.0 Å². The number of aryl methyl sites for hydroxylation is 1. The van der Waals surface area contributed by atoms with Gasteiger partial charge in [0.1, 0.15) is 0 Å². The number of carboxylic acids is 1. The van der Waals surface area contributed by atoms with E-state index in [1.165, 1.54) is 29.2 Å². The molecule has 0 radical (unpaired) electrons. The van der Waals surface area contributed by atoms with Crippen molar-refractivity contribution in [1.29, 1.82) is 0 Å².